The molecule has 1 unspecified atom stereocenters. The summed E-state index contributed by atoms with van der Waals surface area (Å²) in [5.74, 6) is 0. The highest BCUT2D eigenvalue weighted by atomic mass is 79.9. The van der Waals surface area contributed by atoms with E-state index in [1.165, 1.54) is 12.5 Å². The number of rotatable bonds is 4. The Morgan fingerprint density at radius 3 is 2.74 bits per heavy atom. The first-order chi connectivity index (χ1) is 8.88. The molecule has 0 aliphatic heterocycles. The fourth-order valence-electron chi connectivity index (χ4n) is 1.66. The fourth-order valence-corrected chi connectivity index (χ4v) is 3.29. The van der Waals surface area contributed by atoms with Crippen LogP contribution < -0.4 is 4.72 Å². The van der Waals surface area contributed by atoms with E-state index in [2.05, 4.69) is 25.6 Å². The van der Waals surface area contributed by atoms with Crippen molar-refractivity contribution >= 4 is 26.0 Å². The molecule has 0 bridgehead atoms. The van der Waals surface area contributed by atoms with E-state index < -0.39 is 10.0 Å². The lowest BCUT2D eigenvalue weighted by molar-refractivity contribution is 0.563. The maximum absolute atomic E-state index is 12.1. The van der Waals surface area contributed by atoms with Gasteiger partial charge in [0.1, 0.15) is 0 Å². The minimum atomic E-state index is -3.60. The Morgan fingerprint density at radius 2 is 2.16 bits per heavy atom. The van der Waals surface area contributed by atoms with Crippen molar-refractivity contribution in [3.8, 4) is 0 Å². The molecular weight excluding hydrogens is 330 g/mol. The Kier molecular flexibility index (Phi) is 4.07. The molecule has 0 amide bonds. The Morgan fingerprint density at radius 1 is 1.42 bits per heavy atom. The maximum Gasteiger partial charge on any atom is 0.260 e. The van der Waals surface area contributed by atoms with Crippen molar-refractivity contribution in [2.45, 2.75) is 18.0 Å². The van der Waals surface area contributed by atoms with Crippen molar-refractivity contribution in [1.82, 2.24) is 14.3 Å². The number of nitrogens with zero attached hydrogens (tertiary/aromatic N) is 2. The van der Waals surface area contributed by atoms with Crippen molar-refractivity contribution in [3.05, 3.63) is 46.8 Å². The molecule has 0 fully saturated rings. The molecular formula is C12H14BrN3O2S. The summed E-state index contributed by atoms with van der Waals surface area (Å²) in [4.78, 5) is 3.85. The van der Waals surface area contributed by atoms with Gasteiger partial charge < -0.3 is 4.57 Å². The highest BCUT2D eigenvalue weighted by Gasteiger charge is 2.20. The molecule has 5 nitrogen and oxygen atoms in total. The monoisotopic (exact) mass is 343 g/mol. The zero-order valence-electron chi connectivity index (χ0n) is 10.5. The van der Waals surface area contributed by atoms with Gasteiger partial charge in [-0.05, 0) is 24.6 Å². The van der Waals surface area contributed by atoms with Crippen LogP contribution in [-0.4, -0.2) is 18.0 Å². The van der Waals surface area contributed by atoms with Crippen LogP contribution in [0, 0.1) is 0 Å². The fraction of sp³-hybridized carbons (Fsp3) is 0.250. The third-order valence-corrected chi connectivity index (χ3v) is 4.56. The second-order valence-corrected chi connectivity index (χ2v) is 6.85. The lowest BCUT2D eigenvalue weighted by Gasteiger charge is -2.13. The molecule has 0 radical (unpaired) electrons. The van der Waals surface area contributed by atoms with Crippen molar-refractivity contribution in [2.75, 3.05) is 0 Å². The molecule has 2 aromatic rings. The summed E-state index contributed by atoms with van der Waals surface area (Å²) in [5, 5.41) is 0.0249. The molecule has 0 spiro atoms. The third-order valence-electron chi connectivity index (χ3n) is 2.64. The molecule has 1 aromatic heterocycles. The van der Waals surface area contributed by atoms with Gasteiger partial charge in [0.25, 0.3) is 10.0 Å². The molecule has 7 heteroatoms. The summed E-state index contributed by atoms with van der Waals surface area (Å²) < 4.78 is 29.3. The molecule has 0 saturated carbocycles. The standard InChI is InChI=1S/C12H14BrN3O2S/c1-9(10-4-3-5-11(13)6-10)15-19(17,18)12-7-16(2)8-14-12/h3-9,15H,1-2H3. The first kappa shape index (κ1) is 14.2. The van der Waals surface area contributed by atoms with Gasteiger partial charge in [-0.1, -0.05) is 28.1 Å². The molecule has 0 aliphatic rings. The predicted octanol–water partition coefficient (Wildman–Crippen LogP) is 2.22. The minimum absolute atomic E-state index is 0.0249. The topological polar surface area (TPSA) is 64.0 Å². The van der Waals surface area contributed by atoms with E-state index in [9.17, 15) is 8.42 Å². The van der Waals surface area contributed by atoms with Crippen molar-refractivity contribution in [3.63, 3.8) is 0 Å². The van der Waals surface area contributed by atoms with Gasteiger partial charge in [-0.3, -0.25) is 0 Å². The third kappa shape index (κ3) is 3.43. The van der Waals surface area contributed by atoms with E-state index in [0.29, 0.717) is 0 Å². The second-order valence-electron chi connectivity index (χ2n) is 4.28. The maximum atomic E-state index is 12.1. The van der Waals surface area contributed by atoms with Gasteiger partial charge in [-0.2, -0.15) is 0 Å². The zero-order valence-corrected chi connectivity index (χ0v) is 12.9. The summed E-state index contributed by atoms with van der Waals surface area (Å²) in [6, 6.07) is 7.18. The SMILES string of the molecule is CC(NS(=O)(=O)c1cn(C)cn1)c1cccc(Br)c1. The van der Waals surface area contributed by atoms with Gasteiger partial charge in [0.15, 0.2) is 5.03 Å². The van der Waals surface area contributed by atoms with E-state index in [0.717, 1.165) is 10.0 Å². The van der Waals surface area contributed by atoms with Gasteiger partial charge in [0.05, 0.1) is 6.33 Å². The van der Waals surface area contributed by atoms with Gasteiger partial charge in [0.2, 0.25) is 0 Å². The summed E-state index contributed by atoms with van der Waals surface area (Å²) >= 11 is 3.37. The van der Waals surface area contributed by atoms with Crippen LogP contribution in [0.25, 0.3) is 0 Å². The quantitative estimate of drug-likeness (QED) is 0.925. The van der Waals surface area contributed by atoms with Crippen LogP contribution in [0.15, 0.2) is 46.3 Å². The summed E-state index contributed by atoms with van der Waals surface area (Å²) in [5.41, 5.74) is 0.883. The molecule has 0 saturated heterocycles. The normalized spacial score (nSPS) is 13.4. The number of imidazole rings is 1. The van der Waals surface area contributed by atoms with Crippen LogP contribution in [0.5, 0.6) is 0 Å². The highest BCUT2D eigenvalue weighted by molar-refractivity contribution is 9.10. The number of aromatic nitrogens is 2. The first-order valence-corrected chi connectivity index (χ1v) is 7.92. The number of halogens is 1. The van der Waals surface area contributed by atoms with Gasteiger partial charge in [-0.15, -0.1) is 0 Å². The van der Waals surface area contributed by atoms with E-state index in [1.807, 2.05) is 24.3 Å². The molecule has 1 heterocycles. The number of hydrogen-bond acceptors (Lipinski definition) is 3. The smallest absolute Gasteiger partial charge is 0.260 e. The zero-order chi connectivity index (χ0) is 14.0. The Bertz CT molecular complexity index is 682. The Labute approximate surface area is 120 Å². The molecule has 1 aromatic carbocycles. The average Bonchev–Trinajstić information content (AvgIpc) is 2.76. The second kappa shape index (κ2) is 5.44. The predicted molar refractivity (Wildman–Crippen MR) is 76.1 cm³/mol. The molecule has 1 atom stereocenters. The van der Waals surface area contributed by atoms with Gasteiger partial charge in [-0.25, -0.2) is 18.1 Å². The van der Waals surface area contributed by atoms with Crippen LogP contribution in [0.4, 0.5) is 0 Å². The van der Waals surface area contributed by atoms with Gasteiger partial charge >= 0.3 is 0 Å². The van der Waals surface area contributed by atoms with Crippen molar-refractivity contribution < 1.29 is 8.42 Å². The highest BCUT2D eigenvalue weighted by Crippen LogP contribution is 2.19. The van der Waals surface area contributed by atoms with Crippen LogP contribution >= 0.6 is 15.9 Å². The number of nitrogens with one attached hydrogen (secondary N) is 1. The number of aryl methyl sites for hydroxylation is 1. The van der Waals surface area contributed by atoms with Crippen molar-refractivity contribution in [2.24, 2.45) is 7.05 Å². The van der Waals surface area contributed by atoms with E-state index in [4.69, 9.17) is 0 Å². The van der Waals surface area contributed by atoms with Crippen molar-refractivity contribution in [1.29, 1.82) is 0 Å². The largest absolute Gasteiger partial charge is 0.339 e. The lowest BCUT2D eigenvalue weighted by Crippen LogP contribution is -2.27. The average molecular weight is 344 g/mol. The minimum Gasteiger partial charge on any atom is -0.339 e. The molecule has 0 aliphatic carbocycles. The molecule has 19 heavy (non-hydrogen) atoms. The van der Waals surface area contributed by atoms with E-state index in [1.54, 1.807) is 18.5 Å². The van der Waals surface area contributed by atoms with E-state index >= 15 is 0 Å². The first-order valence-electron chi connectivity index (χ1n) is 5.64. The number of sulfonamides is 1. The Hall–Kier alpha value is -1.18. The van der Waals surface area contributed by atoms with Crippen LogP contribution in [0.3, 0.4) is 0 Å². The molecule has 1 N–H and O–H groups in total. The number of benzene rings is 1. The summed E-state index contributed by atoms with van der Waals surface area (Å²) in [6.07, 6.45) is 2.92. The van der Waals surface area contributed by atoms with Crippen LogP contribution in [0.2, 0.25) is 0 Å². The Balaban J connectivity index is 2.21. The van der Waals surface area contributed by atoms with Crippen LogP contribution in [0.1, 0.15) is 18.5 Å². The van der Waals surface area contributed by atoms with Gasteiger partial charge in [0, 0.05) is 23.8 Å². The van der Waals surface area contributed by atoms with E-state index in [-0.39, 0.29) is 11.1 Å². The lowest BCUT2D eigenvalue weighted by atomic mass is 10.1. The van der Waals surface area contributed by atoms with Crippen LogP contribution in [-0.2, 0) is 17.1 Å². The number of hydrogen-bond donors (Lipinski definition) is 1. The molecule has 2 rings (SSSR count). The summed E-state index contributed by atoms with van der Waals surface area (Å²) in [7, 11) is -1.87. The molecule has 102 valence electrons. The summed E-state index contributed by atoms with van der Waals surface area (Å²) in [6.45, 7) is 1.79.